The standard InChI is InChI=1S/C17H17N5O3S/c23-15(18-13-3-1-2-12(8-13)16(24)25)9-26-17-19-20-21-22(17)14-7-10-4-5-11(14)6-10/h1-5,8,10-11,14H,6-7,9H2,(H,18,23)(H,24,25)/p-1/t10-,11+,14-/m1/s1. The largest absolute Gasteiger partial charge is 0.545 e. The van der Waals surface area contributed by atoms with Crippen molar-refractivity contribution in [2.24, 2.45) is 11.8 Å². The molecule has 1 heterocycles. The molecule has 9 heteroatoms. The number of carboxylic acids is 1. The Balaban J connectivity index is 1.37. The Morgan fingerprint density at radius 2 is 2.19 bits per heavy atom. The molecule has 2 bridgehead atoms. The third kappa shape index (κ3) is 3.34. The maximum absolute atomic E-state index is 12.2. The summed E-state index contributed by atoms with van der Waals surface area (Å²) in [5.41, 5.74) is 0.430. The number of hydrogen-bond donors (Lipinski definition) is 1. The van der Waals surface area contributed by atoms with Gasteiger partial charge in [-0.25, -0.2) is 4.68 Å². The molecule has 1 saturated carbocycles. The third-order valence-electron chi connectivity index (χ3n) is 4.73. The maximum atomic E-state index is 12.2. The number of allylic oxidation sites excluding steroid dienone is 2. The van der Waals surface area contributed by atoms with Crippen molar-refractivity contribution in [1.82, 2.24) is 20.2 Å². The fourth-order valence-corrected chi connectivity index (χ4v) is 4.30. The summed E-state index contributed by atoms with van der Waals surface area (Å²) < 4.78 is 1.82. The second-order valence-electron chi connectivity index (χ2n) is 6.46. The molecule has 0 spiro atoms. The summed E-state index contributed by atoms with van der Waals surface area (Å²) in [6, 6.07) is 6.21. The highest BCUT2D eigenvalue weighted by Gasteiger charge is 2.38. The number of aromatic nitrogens is 4. The number of amides is 1. The molecule has 0 radical (unpaired) electrons. The zero-order chi connectivity index (χ0) is 18.1. The lowest BCUT2D eigenvalue weighted by Gasteiger charge is -2.18. The number of hydrogen-bond acceptors (Lipinski definition) is 7. The van der Waals surface area contributed by atoms with Crippen LogP contribution in [0.1, 0.15) is 29.2 Å². The number of fused-ring (bicyclic) bond motifs is 2. The van der Waals surface area contributed by atoms with Crippen molar-refractivity contribution in [3.63, 3.8) is 0 Å². The lowest BCUT2D eigenvalue weighted by Crippen LogP contribution is -2.22. The molecule has 1 aromatic heterocycles. The fourth-order valence-electron chi connectivity index (χ4n) is 3.57. The Kier molecular flexibility index (Phi) is 4.46. The van der Waals surface area contributed by atoms with Crippen LogP contribution in [0.5, 0.6) is 0 Å². The van der Waals surface area contributed by atoms with Gasteiger partial charge in [-0.05, 0) is 52.8 Å². The van der Waals surface area contributed by atoms with Crippen LogP contribution in [-0.2, 0) is 4.79 Å². The smallest absolute Gasteiger partial charge is 0.234 e. The van der Waals surface area contributed by atoms with Crippen LogP contribution in [-0.4, -0.2) is 37.8 Å². The first kappa shape index (κ1) is 16.8. The Morgan fingerprint density at radius 1 is 1.31 bits per heavy atom. The number of carbonyl (C=O) groups excluding carboxylic acids is 2. The van der Waals surface area contributed by atoms with Crippen LogP contribution >= 0.6 is 11.8 Å². The first-order valence-electron chi connectivity index (χ1n) is 8.30. The normalized spacial score (nSPS) is 23.3. The monoisotopic (exact) mass is 370 g/mol. The van der Waals surface area contributed by atoms with Gasteiger partial charge in [0.1, 0.15) is 0 Å². The second-order valence-corrected chi connectivity index (χ2v) is 7.40. The third-order valence-corrected chi connectivity index (χ3v) is 5.67. The minimum absolute atomic E-state index is 0.0173. The van der Waals surface area contributed by atoms with Crippen LogP contribution in [0.3, 0.4) is 0 Å². The topological polar surface area (TPSA) is 113 Å². The number of carbonyl (C=O) groups is 2. The van der Waals surface area contributed by atoms with Gasteiger partial charge in [0.25, 0.3) is 0 Å². The second kappa shape index (κ2) is 6.91. The van der Waals surface area contributed by atoms with Gasteiger partial charge in [0.05, 0.1) is 17.8 Å². The van der Waals surface area contributed by atoms with E-state index in [2.05, 4.69) is 33.0 Å². The number of nitrogens with zero attached hydrogens (tertiary/aromatic N) is 4. The SMILES string of the molecule is O=C(CSc1nnnn1[C@@H]1C[C@@H]2C=C[C@H]1C2)Nc1cccc(C(=O)[O-])c1. The van der Waals surface area contributed by atoms with Crippen molar-refractivity contribution in [3.8, 4) is 0 Å². The van der Waals surface area contributed by atoms with Gasteiger partial charge in [-0.15, -0.1) is 5.10 Å². The van der Waals surface area contributed by atoms with E-state index in [-0.39, 0.29) is 23.3 Å². The first-order valence-corrected chi connectivity index (χ1v) is 9.29. The van der Waals surface area contributed by atoms with Crippen molar-refractivity contribution in [2.45, 2.75) is 24.0 Å². The molecule has 1 aromatic carbocycles. The van der Waals surface area contributed by atoms with Crippen LogP contribution in [0.2, 0.25) is 0 Å². The molecule has 2 aromatic rings. The zero-order valence-corrected chi connectivity index (χ0v) is 14.6. The van der Waals surface area contributed by atoms with Gasteiger partial charge >= 0.3 is 0 Å². The van der Waals surface area contributed by atoms with E-state index in [1.54, 1.807) is 12.1 Å². The van der Waals surface area contributed by atoms with Gasteiger partial charge in [-0.3, -0.25) is 4.79 Å². The molecule has 4 rings (SSSR count). The number of benzene rings is 1. The molecule has 1 fully saturated rings. The molecule has 1 amide bonds. The quantitative estimate of drug-likeness (QED) is 0.594. The van der Waals surface area contributed by atoms with Crippen molar-refractivity contribution in [1.29, 1.82) is 0 Å². The van der Waals surface area contributed by atoms with Crippen LogP contribution < -0.4 is 10.4 Å². The lowest BCUT2D eigenvalue weighted by molar-refractivity contribution is -0.255. The molecule has 8 nitrogen and oxygen atoms in total. The molecule has 134 valence electrons. The van der Waals surface area contributed by atoms with E-state index in [4.69, 9.17) is 0 Å². The number of carboxylic acid groups (broad SMARTS) is 1. The number of tetrazole rings is 1. The predicted octanol–water partition coefficient (Wildman–Crippen LogP) is 0.904. The molecule has 0 aliphatic heterocycles. The molecule has 2 aliphatic carbocycles. The Bertz CT molecular complexity index is 881. The van der Waals surface area contributed by atoms with E-state index < -0.39 is 5.97 Å². The molecule has 0 unspecified atom stereocenters. The van der Waals surface area contributed by atoms with E-state index >= 15 is 0 Å². The van der Waals surface area contributed by atoms with E-state index in [1.165, 1.54) is 23.9 Å². The first-order chi connectivity index (χ1) is 12.6. The average molecular weight is 370 g/mol. The predicted molar refractivity (Wildman–Crippen MR) is 92.3 cm³/mol. The zero-order valence-electron chi connectivity index (χ0n) is 13.7. The molecule has 3 atom stereocenters. The van der Waals surface area contributed by atoms with E-state index in [0.29, 0.717) is 22.7 Å². The Morgan fingerprint density at radius 3 is 2.92 bits per heavy atom. The Labute approximate surface area is 153 Å². The van der Waals surface area contributed by atoms with Gasteiger partial charge in [0, 0.05) is 5.69 Å². The van der Waals surface area contributed by atoms with Gasteiger partial charge in [0.2, 0.25) is 11.1 Å². The summed E-state index contributed by atoms with van der Waals surface area (Å²) in [6.07, 6.45) is 6.66. The summed E-state index contributed by atoms with van der Waals surface area (Å²) in [7, 11) is 0. The van der Waals surface area contributed by atoms with Crippen LogP contribution in [0.4, 0.5) is 5.69 Å². The van der Waals surface area contributed by atoms with Crippen LogP contribution in [0, 0.1) is 11.8 Å². The number of anilines is 1. The molecule has 0 saturated heterocycles. The summed E-state index contributed by atoms with van der Waals surface area (Å²) in [5, 5.41) is 26.1. The highest BCUT2D eigenvalue weighted by Crippen LogP contribution is 2.46. The van der Waals surface area contributed by atoms with Gasteiger partial charge in [-0.1, -0.05) is 36.0 Å². The van der Waals surface area contributed by atoms with Crippen molar-refractivity contribution >= 4 is 29.3 Å². The summed E-state index contributed by atoms with van der Waals surface area (Å²) in [5.74, 6) is -0.343. The maximum Gasteiger partial charge on any atom is 0.234 e. The Hall–Kier alpha value is -2.68. The summed E-state index contributed by atoms with van der Waals surface area (Å²) in [4.78, 5) is 23.0. The van der Waals surface area contributed by atoms with E-state index in [1.807, 2.05) is 4.68 Å². The molecule has 26 heavy (non-hydrogen) atoms. The van der Waals surface area contributed by atoms with Crippen molar-refractivity contribution in [2.75, 3.05) is 11.1 Å². The molecular weight excluding hydrogens is 354 g/mol. The fraction of sp³-hybridized carbons (Fsp3) is 0.353. The van der Waals surface area contributed by atoms with Gasteiger partial charge < -0.3 is 15.2 Å². The number of nitrogens with one attached hydrogen (secondary N) is 1. The van der Waals surface area contributed by atoms with Crippen molar-refractivity contribution in [3.05, 3.63) is 42.0 Å². The minimum Gasteiger partial charge on any atom is -0.545 e. The molecule has 2 aliphatic rings. The van der Waals surface area contributed by atoms with Gasteiger partial charge in [-0.2, -0.15) is 0 Å². The number of aromatic carboxylic acids is 1. The van der Waals surface area contributed by atoms with Crippen molar-refractivity contribution < 1.29 is 14.7 Å². The molecule has 1 N–H and O–H groups in total. The van der Waals surface area contributed by atoms with E-state index in [0.717, 1.165) is 12.8 Å². The number of thioether (sulfide) groups is 1. The minimum atomic E-state index is -1.28. The summed E-state index contributed by atoms with van der Waals surface area (Å²) >= 11 is 1.27. The van der Waals surface area contributed by atoms with Gasteiger partial charge in [0.15, 0.2) is 0 Å². The highest BCUT2D eigenvalue weighted by molar-refractivity contribution is 7.99. The average Bonchev–Trinajstić information content (AvgIpc) is 3.36. The highest BCUT2D eigenvalue weighted by atomic mass is 32.2. The van der Waals surface area contributed by atoms with Crippen LogP contribution in [0.15, 0.2) is 41.6 Å². The van der Waals surface area contributed by atoms with E-state index in [9.17, 15) is 14.7 Å². The lowest BCUT2D eigenvalue weighted by atomic mass is 10.0. The number of rotatable bonds is 6. The van der Waals surface area contributed by atoms with Crippen LogP contribution in [0.25, 0.3) is 0 Å². The summed E-state index contributed by atoms with van der Waals surface area (Å²) in [6.45, 7) is 0. The molecular formula is C17H16N5O3S-.